The van der Waals surface area contributed by atoms with Gasteiger partial charge in [0, 0.05) is 6.54 Å². The van der Waals surface area contributed by atoms with E-state index in [4.69, 9.17) is 0 Å². The van der Waals surface area contributed by atoms with E-state index in [1.165, 1.54) is 6.33 Å². The Bertz CT molecular complexity index is 475. The minimum Gasteiger partial charge on any atom is -0.387 e. The Morgan fingerprint density at radius 1 is 1.47 bits per heavy atom. The molecule has 7 nitrogen and oxygen atoms in total. The first kappa shape index (κ1) is 11.7. The molecule has 0 aromatic carbocycles. The molecule has 0 radical (unpaired) electrons. The molecule has 1 unspecified atom stereocenters. The second-order valence-corrected chi connectivity index (χ2v) is 3.92. The topological polar surface area (TPSA) is 81.7 Å². The van der Waals surface area contributed by atoms with E-state index in [1.54, 1.807) is 17.8 Å². The van der Waals surface area contributed by atoms with Crippen LogP contribution in [0.1, 0.15) is 37.9 Å². The van der Waals surface area contributed by atoms with E-state index < -0.39 is 6.10 Å². The van der Waals surface area contributed by atoms with E-state index in [-0.39, 0.29) is 0 Å². The Balaban J connectivity index is 2.11. The van der Waals surface area contributed by atoms with Crippen molar-refractivity contribution in [2.45, 2.75) is 39.5 Å². The van der Waals surface area contributed by atoms with Gasteiger partial charge in [0.2, 0.25) is 0 Å². The van der Waals surface area contributed by atoms with E-state index in [1.807, 2.05) is 4.68 Å². The summed E-state index contributed by atoms with van der Waals surface area (Å²) in [6.45, 7) is 5.10. The van der Waals surface area contributed by atoms with Crippen LogP contribution in [0.15, 0.2) is 12.5 Å². The molecule has 0 aliphatic heterocycles. The summed E-state index contributed by atoms with van der Waals surface area (Å²) in [6, 6.07) is 0. The lowest BCUT2D eigenvalue weighted by Gasteiger charge is -2.03. The van der Waals surface area contributed by atoms with Crippen LogP contribution in [0.3, 0.4) is 0 Å². The molecule has 2 aromatic heterocycles. The van der Waals surface area contributed by atoms with Gasteiger partial charge in [-0.25, -0.2) is 14.3 Å². The number of aliphatic hydroxyl groups excluding tert-OH is 1. The molecule has 92 valence electrons. The zero-order valence-electron chi connectivity index (χ0n) is 9.98. The van der Waals surface area contributed by atoms with Crippen LogP contribution in [0.25, 0.3) is 0 Å². The van der Waals surface area contributed by atoms with Crippen LogP contribution < -0.4 is 0 Å². The molecule has 0 spiro atoms. The fraction of sp³-hybridized carbons (Fsp3) is 0.600. The van der Waals surface area contributed by atoms with Gasteiger partial charge in [0.25, 0.3) is 0 Å². The maximum Gasteiger partial charge on any atom is 0.148 e. The Kier molecular flexibility index (Phi) is 3.48. The second kappa shape index (κ2) is 5.05. The summed E-state index contributed by atoms with van der Waals surface area (Å²) < 4.78 is 3.50. The van der Waals surface area contributed by atoms with Crippen molar-refractivity contribution in [2.24, 2.45) is 0 Å². The number of rotatable bonds is 5. The molecule has 0 fully saturated rings. The summed E-state index contributed by atoms with van der Waals surface area (Å²) in [7, 11) is 0. The first-order chi connectivity index (χ1) is 8.20. The van der Waals surface area contributed by atoms with Gasteiger partial charge in [0.05, 0.1) is 12.3 Å². The Morgan fingerprint density at radius 2 is 2.29 bits per heavy atom. The fourth-order valence-corrected chi connectivity index (χ4v) is 1.54. The van der Waals surface area contributed by atoms with Crippen molar-refractivity contribution in [3.8, 4) is 0 Å². The molecule has 0 saturated heterocycles. The summed E-state index contributed by atoms with van der Waals surface area (Å²) in [5, 5.41) is 21.3. The normalized spacial score (nSPS) is 12.9. The number of hydrogen-bond donors (Lipinski definition) is 1. The smallest absolute Gasteiger partial charge is 0.148 e. The average Bonchev–Trinajstić information content (AvgIpc) is 2.90. The Hall–Kier alpha value is -1.76. The number of nitrogens with zero attached hydrogens (tertiary/aromatic N) is 6. The van der Waals surface area contributed by atoms with E-state index >= 15 is 0 Å². The molecular weight excluding hydrogens is 220 g/mol. The van der Waals surface area contributed by atoms with Crippen molar-refractivity contribution in [3.05, 3.63) is 24.0 Å². The summed E-state index contributed by atoms with van der Waals surface area (Å²) in [4.78, 5) is 4.18. The molecule has 17 heavy (non-hydrogen) atoms. The molecule has 7 heteroatoms. The third kappa shape index (κ3) is 2.68. The monoisotopic (exact) mass is 236 g/mol. The maximum atomic E-state index is 9.35. The molecule has 0 bridgehead atoms. The Labute approximate surface area is 99.1 Å². The van der Waals surface area contributed by atoms with E-state index in [9.17, 15) is 5.11 Å². The van der Waals surface area contributed by atoms with Crippen LogP contribution in [0.5, 0.6) is 0 Å². The fourth-order valence-electron chi connectivity index (χ4n) is 1.54. The molecule has 0 amide bonds. The average molecular weight is 236 g/mol. The molecule has 1 N–H and O–H groups in total. The van der Waals surface area contributed by atoms with Crippen molar-refractivity contribution in [2.75, 3.05) is 0 Å². The van der Waals surface area contributed by atoms with Crippen LogP contribution in [0, 0.1) is 0 Å². The van der Waals surface area contributed by atoms with Gasteiger partial charge in [0.15, 0.2) is 0 Å². The van der Waals surface area contributed by atoms with Crippen LogP contribution in [-0.2, 0) is 13.1 Å². The lowest BCUT2D eigenvalue weighted by Crippen LogP contribution is -2.10. The molecule has 0 saturated carbocycles. The van der Waals surface area contributed by atoms with Gasteiger partial charge < -0.3 is 5.11 Å². The first-order valence-corrected chi connectivity index (χ1v) is 5.65. The van der Waals surface area contributed by atoms with Crippen molar-refractivity contribution >= 4 is 0 Å². The highest BCUT2D eigenvalue weighted by molar-refractivity contribution is 4.97. The molecule has 2 rings (SSSR count). The van der Waals surface area contributed by atoms with Gasteiger partial charge in [-0.2, -0.15) is 5.10 Å². The first-order valence-electron chi connectivity index (χ1n) is 5.65. The third-order valence-corrected chi connectivity index (χ3v) is 2.42. The molecular formula is C10H16N6O. The van der Waals surface area contributed by atoms with Crippen LogP contribution in [-0.4, -0.2) is 34.9 Å². The minimum absolute atomic E-state index is 0.514. The van der Waals surface area contributed by atoms with E-state index in [2.05, 4.69) is 27.3 Å². The molecule has 1 atom stereocenters. The van der Waals surface area contributed by atoms with E-state index in [0.29, 0.717) is 12.2 Å². The predicted octanol–water partition coefficient (Wildman–Crippen LogP) is 0.381. The van der Waals surface area contributed by atoms with Crippen LogP contribution in [0.2, 0.25) is 0 Å². The van der Waals surface area contributed by atoms with Gasteiger partial charge in [-0.15, -0.1) is 5.10 Å². The maximum absolute atomic E-state index is 9.35. The van der Waals surface area contributed by atoms with Gasteiger partial charge in [0.1, 0.15) is 24.4 Å². The molecule has 0 aliphatic rings. The standard InChI is InChI=1S/C10H16N6O/c1-3-4-16-10(11-7-12-16)6-15-5-9(8(2)17)13-14-15/h5,7-8,17H,3-4,6H2,1-2H3. The van der Waals surface area contributed by atoms with Crippen molar-refractivity contribution in [1.82, 2.24) is 29.8 Å². The minimum atomic E-state index is -0.600. The van der Waals surface area contributed by atoms with E-state index in [0.717, 1.165) is 18.8 Å². The summed E-state index contributed by atoms with van der Waals surface area (Å²) in [5.74, 6) is 0.842. The summed E-state index contributed by atoms with van der Waals surface area (Å²) in [5.41, 5.74) is 0.562. The van der Waals surface area contributed by atoms with Crippen molar-refractivity contribution in [3.63, 3.8) is 0 Å². The number of hydrogen-bond acceptors (Lipinski definition) is 5. The highest BCUT2D eigenvalue weighted by atomic mass is 16.3. The third-order valence-electron chi connectivity index (χ3n) is 2.42. The number of aromatic nitrogens is 6. The highest BCUT2D eigenvalue weighted by Gasteiger charge is 2.09. The van der Waals surface area contributed by atoms with Crippen LogP contribution >= 0.6 is 0 Å². The second-order valence-electron chi connectivity index (χ2n) is 3.92. The van der Waals surface area contributed by atoms with Gasteiger partial charge in [-0.05, 0) is 13.3 Å². The van der Waals surface area contributed by atoms with Crippen molar-refractivity contribution < 1.29 is 5.11 Å². The summed E-state index contributed by atoms with van der Waals surface area (Å²) >= 11 is 0. The van der Waals surface area contributed by atoms with Gasteiger partial charge >= 0.3 is 0 Å². The van der Waals surface area contributed by atoms with Gasteiger partial charge in [-0.1, -0.05) is 12.1 Å². The zero-order valence-corrected chi connectivity index (χ0v) is 9.98. The van der Waals surface area contributed by atoms with Gasteiger partial charge in [-0.3, -0.25) is 0 Å². The van der Waals surface area contributed by atoms with Crippen molar-refractivity contribution in [1.29, 1.82) is 0 Å². The summed E-state index contributed by atoms with van der Waals surface area (Å²) in [6.07, 6.45) is 3.66. The number of aliphatic hydroxyl groups is 1. The quantitative estimate of drug-likeness (QED) is 0.811. The Morgan fingerprint density at radius 3 is 2.94 bits per heavy atom. The molecule has 2 aromatic rings. The predicted molar refractivity (Wildman–Crippen MR) is 60.1 cm³/mol. The molecule has 0 aliphatic carbocycles. The molecule has 2 heterocycles. The SMILES string of the molecule is CCCn1ncnc1Cn1cc(C(C)O)nn1. The largest absolute Gasteiger partial charge is 0.387 e. The lowest BCUT2D eigenvalue weighted by molar-refractivity contribution is 0.194. The van der Waals surface area contributed by atoms with Crippen LogP contribution in [0.4, 0.5) is 0 Å². The zero-order chi connectivity index (χ0) is 12.3. The lowest BCUT2D eigenvalue weighted by atomic mass is 10.3. The highest BCUT2D eigenvalue weighted by Crippen LogP contribution is 2.07. The number of aryl methyl sites for hydroxylation is 1.